The quantitative estimate of drug-likeness (QED) is 0.740. The van der Waals surface area contributed by atoms with Crippen molar-refractivity contribution in [2.45, 2.75) is 17.8 Å². The first-order valence-electron chi connectivity index (χ1n) is 8.39. The Labute approximate surface area is 167 Å². The molecule has 2 aromatic rings. The zero-order valence-corrected chi connectivity index (χ0v) is 15.9. The summed E-state index contributed by atoms with van der Waals surface area (Å²) in [5.41, 5.74) is -0.902. The Bertz CT molecular complexity index is 978. The van der Waals surface area contributed by atoms with Gasteiger partial charge in [0.1, 0.15) is 11.1 Å². The summed E-state index contributed by atoms with van der Waals surface area (Å²) in [6.07, 6.45) is -4.68. The van der Waals surface area contributed by atoms with E-state index in [9.17, 15) is 27.2 Å². The third-order valence-corrected chi connectivity index (χ3v) is 5.33. The number of para-hydroxylation sites is 1. The van der Waals surface area contributed by atoms with Crippen LogP contribution in [0.1, 0.15) is 12.0 Å². The highest BCUT2D eigenvalue weighted by molar-refractivity contribution is 8.15. The van der Waals surface area contributed by atoms with Gasteiger partial charge in [-0.1, -0.05) is 30.0 Å². The van der Waals surface area contributed by atoms with Crippen molar-refractivity contribution in [2.75, 3.05) is 12.4 Å². The number of nitrogens with one attached hydrogen (secondary N) is 1. The van der Waals surface area contributed by atoms with Crippen molar-refractivity contribution >= 4 is 40.1 Å². The first-order chi connectivity index (χ1) is 13.6. The molecule has 2 aromatic carbocycles. The number of hydrogen-bond donors (Lipinski definition) is 1. The molecule has 0 radical (unpaired) electrons. The Hall–Kier alpha value is -2.88. The molecule has 0 aromatic heterocycles. The molecule has 0 aliphatic carbocycles. The van der Waals surface area contributed by atoms with Crippen LogP contribution >= 0.6 is 11.8 Å². The second-order valence-corrected chi connectivity index (χ2v) is 7.34. The van der Waals surface area contributed by atoms with Crippen LogP contribution in [0, 0.1) is 5.82 Å². The van der Waals surface area contributed by atoms with Crippen LogP contribution in [0.3, 0.4) is 0 Å². The zero-order valence-electron chi connectivity index (χ0n) is 15.0. The van der Waals surface area contributed by atoms with Gasteiger partial charge in [-0.3, -0.25) is 14.5 Å². The number of amidine groups is 1. The lowest BCUT2D eigenvalue weighted by molar-refractivity contribution is -0.137. The molecule has 1 fully saturated rings. The van der Waals surface area contributed by atoms with E-state index in [1.54, 1.807) is 6.07 Å². The fourth-order valence-corrected chi connectivity index (χ4v) is 3.60. The third kappa shape index (κ3) is 4.94. The minimum atomic E-state index is -4.53. The average molecular weight is 425 g/mol. The molecule has 10 heteroatoms. The van der Waals surface area contributed by atoms with Gasteiger partial charge in [0.15, 0.2) is 5.17 Å². The van der Waals surface area contributed by atoms with E-state index in [1.165, 1.54) is 42.3 Å². The smallest absolute Gasteiger partial charge is 0.323 e. The summed E-state index contributed by atoms with van der Waals surface area (Å²) in [6, 6.07) is 9.93. The fraction of sp³-hybridized carbons (Fsp3) is 0.211. The molecule has 152 valence electrons. The van der Waals surface area contributed by atoms with E-state index in [-0.39, 0.29) is 23.0 Å². The highest BCUT2D eigenvalue weighted by Gasteiger charge is 2.35. The Morgan fingerprint density at radius 3 is 2.62 bits per heavy atom. The fourth-order valence-electron chi connectivity index (χ4n) is 2.54. The average Bonchev–Trinajstić information content (AvgIpc) is 2.66. The van der Waals surface area contributed by atoms with Crippen LogP contribution in [0.4, 0.5) is 28.9 Å². The molecule has 1 saturated heterocycles. The molecule has 0 spiro atoms. The number of nitrogens with zero attached hydrogens (tertiary/aromatic N) is 2. The number of carbonyl (C=O) groups excluding carboxylic acids is 2. The maximum Gasteiger partial charge on any atom is 0.416 e. The maximum atomic E-state index is 13.7. The predicted molar refractivity (Wildman–Crippen MR) is 102 cm³/mol. The Kier molecular flexibility index (Phi) is 5.92. The minimum absolute atomic E-state index is 0.00265. The number of amides is 2. The Morgan fingerprint density at radius 2 is 1.93 bits per heavy atom. The molecule has 29 heavy (non-hydrogen) atoms. The first-order valence-corrected chi connectivity index (χ1v) is 9.27. The van der Waals surface area contributed by atoms with E-state index in [0.29, 0.717) is 0 Å². The molecule has 0 bridgehead atoms. The number of hydrogen-bond acceptors (Lipinski definition) is 4. The molecule has 0 saturated carbocycles. The van der Waals surface area contributed by atoms with Gasteiger partial charge in [0, 0.05) is 13.5 Å². The summed E-state index contributed by atoms with van der Waals surface area (Å²) < 4.78 is 52.4. The van der Waals surface area contributed by atoms with Crippen LogP contribution in [0.25, 0.3) is 0 Å². The lowest BCUT2D eigenvalue weighted by Crippen LogP contribution is -2.43. The van der Waals surface area contributed by atoms with Crippen molar-refractivity contribution in [3.05, 3.63) is 59.9 Å². The second-order valence-electron chi connectivity index (χ2n) is 6.17. The number of rotatable bonds is 3. The van der Waals surface area contributed by atoms with Crippen LogP contribution in [-0.4, -0.2) is 34.2 Å². The largest absolute Gasteiger partial charge is 0.416 e. The van der Waals surface area contributed by atoms with Crippen molar-refractivity contribution in [3.63, 3.8) is 0 Å². The topological polar surface area (TPSA) is 61.8 Å². The molecule has 0 unspecified atom stereocenters. The van der Waals surface area contributed by atoms with Gasteiger partial charge in [0.2, 0.25) is 11.8 Å². The summed E-state index contributed by atoms with van der Waals surface area (Å²) >= 11 is 0.924. The Balaban J connectivity index is 1.83. The SMILES string of the molecule is CN1C(=O)C[C@H](C(=O)Nc2ccccc2F)SC1=Nc1cccc(C(F)(F)F)c1. The van der Waals surface area contributed by atoms with Crippen LogP contribution in [0.15, 0.2) is 53.5 Å². The summed E-state index contributed by atoms with van der Waals surface area (Å²) in [4.78, 5) is 30.0. The van der Waals surface area contributed by atoms with Crippen LogP contribution < -0.4 is 5.32 Å². The highest BCUT2D eigenvalue weighted by Crippen LogP contribution is 2.33. The van der Waals surface area contributed by atoms with Gasteiger partial charge in [-0.2, -0.15) is 13.2 Å². The zero-order chi connectivity index (χ0) is 21.2. The van der Waals surface area contributed by atoms with Crippen molar-refractivity contribution in [3.8, 4) is 0 Å². The van der Waals surface area contributed by atoms with E-state index in [2.05, 4.69) is 10.3 Å². The lowest BCUT2D eigenvalue weighted by atomic mass is 10.2. The van der Waals surface area contributed by atoms with Crippen molar-refractivity contribution < 1.29 is 27.2 Å². The van der Waals surface area contributed by atoms with E-state index >= 15 is 0 Å². The van der Waals surface area contributed by atoms with Crippen LogP contribution in [0.5, 0.6) is 0 Å². The number of benzene rings is 2. The highest BCUT2D eigenvalue weighted by atomic mass is 32.2. The van der Waals surface area contributed by atoms with Gasteiger partial charge in [-0.15, -0.1) is 0 Å². The summed E-state index contributed by atoms with van der Waals surface area (Å²) in [5.74, 6) is -1.65. The van der Waals surface area contributed by atoms with Gasteiger partial charge in [0.25, 0.3) is 0 Å². The Morgan fingerprint density at radius 1 is 1.21 bits per heavy atom. The number of thioether (sulfide) groups is 1. The molecule has 3 rings (SSSR count). The standard InChI is InChI=1S/C19H15F4N3O2S/c1-26-16(27)10-15(17(28)25-14-8-3-2-7-13(14)20)29-18(26)24-12-6-4-5-11(9-12)19(21,22)23/h2-9,15H,10H2,1H3,(H,25,28)/t15-/m1/s1. The molecule has 1 aliphatic rings. The number of aliphatic imine (C=N–C) groups is 1. The second kappa shape index (κ2) is 8.24. The molecule has 1 N–H and O–H groups in total. The summed E-state index contributed by atoms with van der Waals surface area (Å²) in [7, 11) is 1.42. The van der Waals surface area contributed by atoms with Gasteiger partial charge in [-0.05, 0) is 30.3 Å². The summed E-state index contributed by atoms with van der Waals surface area (Å²) in [6.45, 7) is 0. The van der Waals surface area contributed by atoms with Gasteiger partial charge >= 0.3 is 6.18 Å². The van der Waals surface area contributed by atoms with Gasteiger partial charge in [0.05, 0.1) is 16.9 Å². The first kappa shape index (κ1) is 20.8. The van der Waals surface area contributed by atoms with Crippen molar-refractivity contribution in [1.82, 2.24) is 4.90 Å². The molecular formula is C19H15F4N3O2S. The minimum Gasteiger partial charge on any atom is -0.323 e. The van der Waals surface area contributed by atoms with Crippen LogP contribution in [-0.2, 0) is 15.8 Å². The number of anilines is 1. The van der Waals surface area contributed by atoms with Gasteiger partial charge < -0.3 is 5.32 Å². The van der Waals surface area contributed by atoms with E-state index in [4.69, 9.17) is 0 Å². The van der Waals surface area contributed by atoms with Crippen molar-refractivity contribution in [1.29, 1.82) is 0 Å². The molecular weight excluding hydrogens is 410 g/mol. The lowest BCUT2D eigenvalue weighted by Gasteiger charge is -2.28. The third-order valence-electron chi connectivity index (χ3n) is 4.09. The van der Waals surface area contributed by atoms with Crippen molar-refractivity contribution in [2.24, 2.45) is 4.99 Å². The van der Waals surface area contributed by atoms with E-state index in [0.717, 1.165) is 23.9 Å². The predicted octanol–water partition coefficient (Wildman–Crippen LogP) is 4.43. The molecule has 5 nitrogen and oxygen atoms in total. The number of carbonyl (C=O) groups is 2. The monoisotopic (exact) mass is 425 g/mol. The molecule has 1 atom stereocenters. The summed E-state index contributed by atoms with van der Waals surface area (Å²) in [5, 5.41) is 1.60. The normalized spacial score (nSPS) is 18.8. The molecule has 1 heterocycles. The van der Waals surface area contributed by atoms with E-state index < -0.39 is 34.6 Å². The van der Waals surface area contributed by atoms with Gasteiger partial charge in [-0.25, -0.2) is 9.38 Å². The molecule has 1 aliphatic heterocycles. The number of halogens is 4. The van der Waals surface area contributed by atoms with E-state index in [1.807, 2.05) is 0 Å². The van der Waals surface area contributed by atoms with Crippen LogP contribution in [0.2, 0.25) is 0 Å². The number of alkyl halides is 3. The maximum absolute atomic E-state index is 13.7. The molecule has 2 amide bonds.